The van der Waals surface area contributed by atoms with Crippen molar-refractivity contribution in [1.82, 2.24) is 0 Å². The minimum absolute atomic E-state index is 0. The highest BCUT2D eigenvalue weighted by Crippen LogP contribution is 1.83. The third-order valence-corrected chi connectivity index (χ3v) is 1.39. The molecule has 0 rings (SSSR count). The van der Waals surface area contributed by atoms with Gasteiger partial charge in [0.05, 0.1) is 0 Å². The molecule has 0 amide bonds. The summed E-state index contributed by atoms with van der Waals surface area (Å²) in [6.07, 6.45) is 7.28. The van der Waals surface area contributed by atoms with Crippen molar-refractivity contribution in [2.24, 2.45) is 22.9 Å². The van der Waals surface area contributed by atoms with E-state index in [-0.39, 0.29) is 24.8 Å². The lowest BCUT2D eigenvalue weighted by molar-refractivity contribution is 1.20. The Bertz CT molecular complexity index is 219. The molecular formula is C16H38Cl2N4. The zero-order chi connectivity index (χ0) is 16.8. The molecule has 0 aliphatic carbocycles. The van der Waals surface area contributed by atoms with Crippen LogP contribution in [-0.4, -0.2) is 26.2 Å². The van der Waals surface area contributed by atoms with Crippen molar-refractivity contribution >= 4 is 24.8 Å². The molecule has 8 N–H and O–H groups in total. The summed E-state index contributed by atoms with van der Waals surface area (Å²) < 4.78 is 0. The van der Waals surface area contributed by atoms with Crippen molar-refractivity contribution in [3.63, 3.8) is 0 Å². The van der Waals surface area contributed by atoms with Gasteiger partial charge in [0.1, 0.15) is 0 Å². The third-order valence-electron chi connectivity index (χ3n) is 1.39. The Morgan fingerprint density at radius 2 is 0.818 bits per heavy atom. The highest BCUT2D eigenvalue weighted by molar-refractivity contribution is 5.85. The van der Waals surface area contributed by atoms with Gasteiger partial charge in [-0.15, -0.1) is 38.0 Å². The zero-order valence-corrected chi connectivity index (χ0v) is 16.3. The van der Waals surface area contributed by atoms with Gasteiger partial charge in [-0.25, -0.2) is 0 Å². The fourth-order valence-corrected chi connectivity index (χ4v) is 0.471. The fraction of sp³-hybridized carbons (Fsp3) is 0.500. The monoisotopic (exact) mass is 356 g/mol. The number of halogens is 2. The van der Waals surface area contributed by atoms with Crippen molar-refractivity contribution in [2.75, 3.05) is 26.2 Å². The molecule has 0 aromatic rings. The number of hydrogen-bond acceptors (Lipinski definition) is 4. The van der Waals surface area contributed by atoms with Crippen LogP contribution in [0.4, 0.5) is 0 Å². The van der Waals surface area contributed by atoms with Crippen LogP contribution >= 0.6 is 24.8 Å². The van der Waals surface area contributed by atoms with Crippen LogP contribution in [0.2, 0.25) is 0 Å². The van der Waals surface area contributed by atoms with Gasteiger partial charge < -0.3 is 22.9 Å². The Morgan fingerprint density at radius 1 is 0.636 bits per heavy atom. The molecule has 4 nitrogen and oxygen atoms in total. The molecule has 0 spiro atoms. The normalized spacial score (nSPS) is 6.55. The predicted molar refractivity (Wildman–Crippen MR) is 110 cm³/mol. The largest absolute Gasteiger partial charge is 0.327 e. The van der Waals surface area contributed by atoms with Gasteiger partial charge in [0.15, 0.2) is 0 Å². The Morgan fingerprint density at radius 3 is 0.818 bits per heavy atom. The third kappa shape index (κ3) is 120. The maximum absolute atomic E-state index is 5.15. The van der Waals surface area contributed by atoms with Gasteiger partial charge in [0.2, 0.25) is 0 Å². The molecule has 0 heterocycles. The average Bonchev–Trinajstić information content (AvgIpc) is 2.39. The standard InChI is InChI=1S/2C5H11N.2C3H7N.2ClH/c2*1-5(2)3-4-6;2*1-2-3-4;;/h2*3H,4,6H2,1-2H3;2*2H,1,3-4H2;2*1H. The van der Waals surface area contributed by atoms with E-state index < -0.39 is 0 Å². The number of hydrogen-bond donors (Lipinski definition) is 4. The summed E-state index contributed by atoms with van der Waals surface area (Å²) in [4.78, 5) is 0. The van der Waals surface area contributed by atoms with E-state index in [1.807, 2.05) is 39.8 Å². The number of allylic oxidation sites excluding steroid dienone is 2. The van der Waals surface area contributed by atoms with Crippen LogP contribution in [-0.2, 0) is 0 Å². The molecule has 0 unspecified atom stereocenters. The van der Waals surface area contributed by atoms with E-state index >= 15 is 0 Å². The molecule has 0 saturated heterocycles. The molecular weight excluding hydrogens is 319 g/mol. The van der Waals surface area contributed by atoms with Crippen LogP contribution in [0.5, 0.6) is 0 Å². The van der Waals surface area contributed by atoms with Crippen molar-refractivity contribution in [3.8, 4) is 0 Å². The lowest BCUT2D eigenvalue weighted by Crippen LogP contribution is -1.92. The van der Waals surface area contributed by atoms with Gasteiger partial charge in [-0.05, 0) is 27.7 Å². The summed E-state index contributed by atoms with van der Waals surface area (Å²) in [5.41, 5.74) is 22.7. The maximum Gasteiger partial charge on any atom is 0.0109 e. The molecule has 136 valence electrons. The van der Waals surface area contributed by atoms with E-state index in [0.29, 0.717) is 26.2 Å². The lowest BCUT2D eigenvalue weighted by atomic mass is 10.3. The molecule has 0 aromatic heterocycles. The Balaban J connectivity index is -0.0000000383. The van der Waals surface area contributed by atoms with E-state index in [4.69, 9.17) is 22.9 Å². The van der Waals surface area contributed by atoms with Gasteiger partial charge in [0.25, 0.3) is 0 Å². The van der Waals surface area contributed by atoms with Crippen molar-refractivity contribution in [2.45, 2.75) is 27.7 Å². The van der Waals surface area contributed by atoms with Crippen molar-refractivity contribution < 1.29 is 0 Å². The average molecular weight is 357 g/mol. The Kier molecular flexibility index (Phi) is 73.0. The van der Waals surface area contributed by atoms with Crippen LogP contribution in [0.15, 0.2) is 48.6 Å². The molecule has 0 fully saturated rings. The first kappa shape index (κ1) is 37.5. The highest BCUT2D eigenvalue weighted by atomic mass is 35.5. The maximum atomic E-state index is 5.15. The van der Waals surface area contributed by atoms with Crippen LogP contribution in [0, 0.1) is 0 Å². The molecule has 0 saturated carbocycles. The summed E-state index contributed by atoms with van der Waals surface area (Å²) in [7, 11) is 0. The summed E-state index contributed by atoms with van der Waals surface area (Å²) in [6, 6.07) is 0. The van der Waals surface area contributed by atoms with Crippen LogP contribution in [0.3, 0.4) is 0 Å². The molecule has 22 heavy (non-hydrogen) atoms. The predicted octanol–water partition coefficient (Wildman–Crippen LogP) is 2.93. The van der Waals surface area contributed by atoms with Crippen LogP contribution < -0.4 is 22.9 Å². The molecule has 0 bridgehead atoms. The van der Waals surface area contributed by atoms with E-state index in [9.17, 15) is 0 Å². The van der Waals surface area contributed by atoms with Gasteiger partial charge in [-0.1, -0.05) is 35.5 Å². The summed E-state index contributed by atoms with van der Waals surface area (Å²) in [5, 5.41) is 0. The number of rotatable bonds is 4. The quantitative estimate of drug-likeness (QED) is 0.581. The second-order valence-electron chi connectivity index (χ2n) is 4.08. The molecule has 0 aromatic carbocycles. The Labute approximate surface area is 150 Å². The molecule has 0 radical (unpaired) electrons. The van der Waals surface area contributed by atoms with E-state index in [1.165, 1.54) is 11.1 Å². The fourth-order valence-electron chi connectivity index (χ4n) is 0.471. The molecule has 0 aliphatic heterocycles. The first-order valence-corrected chi connectivity index (χ1v) is 6.66. The van der Waals surface area contributed by atoms with E-state index in [0.717, 1.165) is 0 Å². The molecule has 0 aliphatic rings. The van der Waals surface area contributed by atoms with Gasteiger partial charge >= 0.3 is 0 Å². The first-order chi connectivity index (χ1) is 9.37. The van der Waals surface area contributed by atoms with Gasteiger partial charge in [0, 0.05) is 26.2 Å². The van der Waals surface area contributed by atoms with E-state index in [1.54, 1.807) is 12.2 Å². The van der Waals surface area contributed by atoms with Crippen molar-refractivity contribution in [1.29, 1.82) is 0 Å². The SMILES string of the molecule is C=CCN.C=CCN.CC(C)=CCN.CC(C)=CCN.Cl.Cl. The topological polar surface area (TPSA) is 104 Å². The van der Waals surface area contributed by atoms with Crippen LogP contribution in [0.25, 0.3) is 0 Å². The highest BCUT2D eigenvalue weighted by Gasteiger charge is 1.67. The summed E-state index contributed by atoms with van der Waals surface area (Å²) >= 11 is 0. The van der Waals surface area contributed by atoms with Crippen LogP contribution in [0.1, 0.15) is 27.7 Å². The Hall–Kier alpha value is -0.620. The summed E-state index contributed by atoms with van der Waals surface area (Å²) in [5.74, 6) is 0. The minimum Gasteiger partial charge on any atom is -0.327 e. The molecule has 0 atom stereocenters. The lowest BCUT2D eigenvalue weighted by Gasteiger charge is -1.80. The number of nitrogens with two attached hydrogens (primary N) is 4. The zero-order valence-electron chi connectivity index (χ0n) is 14.7. The van der Waals surface area contributed by atoms with Gasteiger partial charge in [-0.2, -0.15) is 0 Å². The smallest absolute Gasteiger partial charge is 0.0109 e. The minimum atomic E-state index is 0. The second kappa shape index (κ2) is 42.8. The first-order valence-electron chi connectivity index (χ1n) is 6.66. The van der Waals surface area contributed by atoms with Gasteiger partial charge in [-0.3, -0.25) is 0 Å². The van der Waals surface area contributed by atoms with E-state index in [2.05, 4.69) is 13.2 Å². The van der Waals surface area contributed by atoms with Crippen molar-refractivity contribution in [3.05, 3.63) is 48.6 Å². The second-order valence-corrected chi connectivity index (χ2v) is 4.08. The summed E-state index contributed by atoms with van der Waals surface area (Å²) in [6.45, 7) is 17.4. The molecule has 6 heteroatoms.